The first-order chi connectivity index (χ1) is 8.69. The Morgan fingerprint density at radius 1 is 1.37 bits per heavy atom. The van der Waals surface area contributed by atoms with Crippen LogP contribution in [0.25, 0.3) is 0 Å². The first-order valence-electron chi connectivity index (χ1n) is 4.96. The van der Waals surface area contributed by atoms with Crippen LogP contribution in [0.4, 0.5) is 13.2 Å². The molecule has 104 valence electrons. The van der Waals surface area contributed by atoms with Gasteiger partial charge in [-0.2, -0.15) is 13.2 Å². The highest BCUT2D eigenvalue weighted by atomic mass is 19.4. The average molecular weight is 278 g/mol. The molecule has 0 atom stereocenters. The van der Waals surface area contributed by atoms with Crippen molar-refractivity contribution < 1.29 is 27.9 Å². The molecule has 1 aromatic rings. The van der Waals surface area contributed by atoms with E-state index in [-0.39, 0.29) is 0 Å². The maximum Gasteiger partial charge on any atom is 0.405 e. The second kappa shape index (κ2) is 5.55. The van der Waals surface area contributed by atoms with Crippen molar-refractivity contribution in [3.05, 3.63) is 34.2 Å². The van der Waals surface area contributed by atoms with Crippen LogP contribution in [0.1, 0.15) is 10.4 Å². The monoisotopic (exact) mass is 278 g/mol. The first-order valence-corrected chi connectivity index (χ1v) is 4.96. The highest BCUT2D eigenvalue weighted by Gasteiger charge is 2.27. The van der Waals surface area contributed by atoms with E-state index in [1.54, 1.807) is 5.32 Å². The summed E-state index contributed by atoms with van der Waals surface area (Å²) in [6, 6.07) is 0.917. The summed E-state index contributed by atoms with van der Waals surface area (Å²) in [6.07, 6.45) is -2.52. The molecule has 0 spiro atoms. The zero-order chi connectivity index (χ0) is 14.6. The van der Waals surface area contributed by atoms with Crippen molar-refractivity contribution in [2.45, 2.75) is 12.7 Å². The third-order valence-electron chi connectivity index (χ3n) is 2.02. The third kappa shape index (κ3) is 4.82. The van der Waals surface area contributed by atoms with E-state index in [4.69, 9.17) is 5.11 Å². The van der Waals surface area contributed by atoms with Gasteiger partial charge in [-0.25, -0.2) is 4.79 Å². The largest absolute Gasteiger partial charge is 0.477 e. The molecule has 9 heteroatoms. The minimum atomic E-state index is -4.52. The van der Waals surface area contributed by atoms with Gasteiger partial charge in [0.25, 0.3) is 0 Å². The number of alkyl halides is 3. The number of carbonyl (C=O) groups excluding carboxylic acids is 1. The van der Waals surface area contributed by atoms with E-state index in [9.17, 15) is 27.6 Å². The van der Waals surface area contributed by atoms with Crippen molar-refractivity contribution in [1.82, 2.24) is 9.88 Å². The van der Waals surface area contributed by atoms with Crippen LogP contribution in [-0.2, 0) is 11.3 Å². The van der Waals surface area contributed by atoms with Gasteiger partial charge in [0.2, 0.25) is 5.91 Å². The van der Waals surface area contributed by atoms with Gasteiger partial charge in [-0.05, 0) is 0 Å². The lowest BCUT2D eigenvalue weighted by molar-refractivity contribution is -0.138. The highest BCUT2D eigenvalue weighted by Crippen LogP contribution is 2.12. The van der Waals surface area contributed by atoms with Crippen LogP contribution in [0.3, 0.4) is 0 Å². The fraction of sp³-hybridized carbons (Fsp3) is 0.300. The Morgan fingerprint density at radius 3 is 2.53 bits per heavy atom. The molecule has 0 bridgehead atoms. The number of halogens is 3. The molecule has 1 rings (SSSR count). The van der Waals surface area contributed by atoms with Gasteiger partial charge in [-0.1, -0.05) is 0 Å². The average Bonchev–Trinajstić information content (AvgIpc) is 2.28. The Bertz CT molecular complexity index is 550. The van der Waals surface area contributed by atoms with E-state index < -0.39 is 42.1 Å². The second-order valence-corrected chi connectivity index (χ2v) is 3.59. The van der Waals surface area contributed by atoms with Crippen molar-refractivity contribution in [2.75, 3.05) is 6.54 Å². The second-order valence-electron chi connectivity index (χ2n) is 3.59. The summed E-state index contributed by atoms with van der Waals surface area (Å²) >= 11 is 0. The Kier molecular flexibility index (Phi) is 4.30. The summed E-state index contributed by atoms with van der Waals surface area (Å²) in [5, 5.41) is 10.3. The maximum absolute atomic E-state index is 11.8. The molecular weight excluding hydrogens is 269 g/mol. The van der Waals surface area contributed by atoms with Crippen molar-refractivity contribution in [1.29, 1.82) is 0 Å². The zero-order valence-electron chi connectivity index (χ0n) is 9.40. The van der Waals surface area contributed by atoms with Gasteiger partial charge in [0, 0.05) is 18.5 Å². The molecule has 1 amide bonds. The SMILES string of the molecule is O=C(Cn1ccc(=O)c(C(=O)O)c1)NCC(F)(F)F. The molecule has 0 unspecified atom stereocenters. The van der Waals surface area contributed by atoms with E-state index in [0.29, 0.717) is 0 Å². The summed E-state index contributed by atoms with van der Waals surface area (Å²) in [6.45, 7) is -1.99. The van der Waals surface area contributed by atoms with Gasteiger partial charge >= 0.3 is 12.1 Å². The number of amides is 1. The van der Waals surface area contributed by atoms with E-state index in [0.717, 1.165) is 23.0 Å². The van der Waals surface area contributed by atoms with Crippen LogP contribution in [-0.4, -0.2) is 34.3 Å². The molecule has 0 saturated heterocycles. The minimum Gasteiger partial charge on any atom is -0.477 e. The maximum atomic E-state index is 11.8. The van der Waals surface area contributed by atoms with Crippen molar-refractivity contribution in [3.63, 3.8) is 0 Å². The van der Waals surface area contributed by atoms with Crippen molar-refractivity contribution in [2.24, 2.45) is 0 Å². The van der Waals surface area contributed by atoms with E-state index in [1.165, 1.54) is 0 Å². The fourth-order valence-corrected chi connectivity index (χ4v) is 1.21. The molecule has 0 aliphatic carbocycles. The summed E-state index contributed by atoms with van der Waals surface area (Å²) in [7, 11) is 0. The van der Waals surface area contributed by atoms with Gasteiger partial charge in [-0.3, -0.25) is 9.59 Å². The molecule has 2 N–H and O–H groups in total. The predicted octanol–water partition coefficient (Wildman–Crippen LogP) is 0.225. The summed E-state index contributed by atoms with van der Waals surface area (Å²) < 4.78 is 36.5. The number of carboxylic acid groups (broad SMARTS) is 1. The number of nitrogens with one attached hydrogen (secondary N) is 1. The van der Waals surface area contributed by atoms with Gasteiger partial charge < -0.3 is 15.0 Å². The summed E-state index contributed by atoms with van der Waals surface area (Å²) in [4.78, 5) is 32.9. The Morgan fingerprint density at radius 2 is 2.00 bits per heavy atom. The molecule has 6 nitrogen and oxygen atoms in total. The molecule has 0 saturated carbocycles. The minimum absolute atomic E-state index is 0.517. The third-order valence-corrected chi connectivity index (χ3v) is 2.02. The number of hydrogen-bond donors (Lipinski definition) is 2. The van der Waals surface area contributed by atoms with Gasteiger partial charge in [0.1, 0.15) is 18.7 Å². The van der Waals surface area contributed by atoms with Gasteiger partial charge in [-0.15, -0.1) is 0 Å². The number of carboxylic acids is 1. The standard InChI is InChI=1S/C10H9F3N2O4/c11-10(12,13)5-14-8(17)4-15-2-1-7(16)6(3-15)9(18)19/h1-3H,4-5H2,(H,14,17)(H,18,19). The number of carbonyl (C=O) groups is 2. The Balaban J connectivity index is 2.73. The van der Waals surface area contributed by atoms with E-state index in [1.807, 2.05) is 0 Å². The number of hydrogen-bond acceptors (Lipinski definition) is 3. The molecule has 0 aliphatic rings. The molecule has 0 radical (unpaired) electrons. The molecule has 19 heavy (non-hydrogen) atoms. The molecule has 1 aromatic heterocycles. The van der Waals surface area contributed by atoms with Crippen LogP contribution >= 0.6 is 0 Å². The van der Waals surface area contributed by atoms with Crippen LogP contribution in [0, 0.1) is 0 Å². The van der Waals surface area contributed by atoms with E-state index >= 15 is 0 Å². The first kappa shape index (κ1) is 14.7. The number of rotatable bonds is 4. The predicted molar refractivity (Wildman–Crippen MR) is 56.7 cm³/mol. The smallest absolute Gasteiger partial charge is 0.405 e. The molecule has 1 heterocycles. The van der Waals surface area contributed by atoms with Crippen LogP contribution in [0.5, 0.6) is 0 Å². The normalized spacial score (nSPS) is 11.1. The number of aromatic nitrogens is 1. The summed E-state index contributed by atoms with van der Waals surface area (Å²) in [5.41, 5.74) is -1.31. The topological polar surface area (TPSA) is 88.4 Å². The number of pyridine rings is 1. The van der Waals surface area contributed by atoms with Gasteiger partial charge in [0.15, 0.2) is 5.43 Å². The van der Waals surface area contributed by atoms with Gasteiger partial charge in [0.05, 0.1) is 0 Å². The van der Waals surface area contributed by atoms with Crippen molar-refractivity contribution in [3.8, 4) is 0 Å². The fourth-order valence-electron chi connectivity index (χ4n) is 1.21. The zero-order valence-corrected chi connectivity index (χ0v) is 9.40. The Hall–Kier alpha value is -2.32. The highest BCUT2D eigenvalue weighted by molar-refractivity contribution is 5.87. The number of nitrogens with zero attached hydrogens (tertiary/aromatic N) is 1. The van der Waals surface area contributed by atoms with Crippen LogP contribution in [0.2, 0.25) is 0 Å². The van der Waals surface area contributed by atoms with Crippen LogP contribution in [0.15, 0.2) is 23.3 Å². The number of aromatic carboxylic acids is 1. The molecule has 0 aliphatic heterocycles. The quantitative estimate of drug-likeness (QED) is 0.825. The summed E-state index contributed by atoms with van der Waals surface area (Å²) in [5.74, 6) is -2.42. The lowest BCUT2D eigenvalue weighted by atomic mass is 10.3. The van der Waals surface area contributed by atoms with E-state index in [2.05, 4.69) is 0 Å². The molecule has 0 fully saturated rings. The lowest BCUT2D eigenvalue weighted by Gasteiger charge is -2.10. The Labute approximate surface area is 104 Å². The van der Waals surface area contributed by atoms with Crippen molar-refractivity contribution >= 4 is 11.9 Å². The lowest BCUT2D eigenvalue weighted by Crippen LogP contribution is -2.36. The van der Waals surface area contributed by atoms with Crippen LogP contribution < -0.4 is 10.7 Å². The molecular formula is C10H9F3N2O4. The molecule has 0 aromatic carbocycles.